The van der Waals surface area contributed by atoms with Gasteiger partial charge in [-0.3, -0.25) is 0 Å². The fourth-order valence-corrected chi connectivity index (χ4v) is 3.02. The molecular formula is C16H16Br2FN. The number of hydrogen-bond donors (Lipinski definition) is 1. The van der Waals surface area contributed by atoms with E-state index in [4.69, 9.17) is 0 Å². The first-order valence-corrected chi connectivity index (χ1v) is 8.15. The zero-order valence-corrected chi connectivity index (χ0v) is 14.3. The Morgan fingerprint density at radius 3 is 2.35 bits per heavy atom. The maximum atomic E-state index is 14.4. The van der Waals surface area contributed by atoms with Gasteiger partial charge in [-0.1, -0.05) is 53.2 Å². The highest BCUT2D eigenvalue weighted by Crippen LogP contribution is 2.32. The van der Waals surface area contributed by atoms with Gasteiger partial charge in [0.1, 0.15) is 5.82 Å². The van der Waals surface area contributed by atoms with Crippen LogP contribution in [0.1, 0.15) is 30.5 Å². The zero-order valence-electron chi connectivity index (χ0n) is 11.2. The summed E-state index contributed by atoms with van der Waals surface area (Å²) in [6.07, 6.45) is 0.997. The van der Waals surface area contributed by atoms with E-state index in [1.807, 2.05) is 36.4 Å². The molecule has 0 amide bonds. The number of nitrogens with one attached hydrogen (secondary N) is 1. The summed E-state index contributed by atoms with van der Waals surface area (Å²) in [5, 5.41) is 3.42. The van der Waals surface area contributed by atoms with E-state index in [1.54, 1.807) is 6.07 Å². The molecule has 0 fully saturated rings. The fourth-order valence-electron chi connectivity index (χ4n) is 2.13. The van der Waals surface area contributed by atoms with E-state index in [-0.39, 0.29) is 11.9 Å². The Hall–Kier alpha value is -0.710. The lowest BCUT2D eigenvalue weighted by atomic mass is 9.98. The van der Waals surface area contributed by atoms with Gasteiger partial charge in [0.2, 0.25) is 0 Å². The van der Waals surface area contributed by atoms with Crippen molar-refractivity contribution >= 4 is 31.9 Å². The molecule has 0 saturated heterocycles. The van der Waals surface area contributed by atoms with E-state index in [2.05, 4.69) is 44.1 Å². The smallest absolute Gasteiger partial charge is 0.142 e. The molecule has 0 bridgehead atoms. The molecule has 1 atom stereocenters. The second-order valence-electron chi connectivity index (χ2n) is 4.55. The van der Waals surface area contributed by atoms with Gasteiger partial charge in [0.15, 0.2) is 0 Å². The minimum Gasteiger partial charge on any atom is -0.306 e. The van der Waals surface area contributed by atoms with Gasteiger partial charge in [0, 0.05) is 10.0 Å². The summed E-state index contributed by atoms with van der Waals surface area (Å²) >= 11 is 6.81. The van der Waals surface area contributed by atoms with Crippen LogP contribution in [0.15, 0.2) is 51.4 Å². The third-order valence-corrected chi connectivity index (χ3v) is 4.44. The van der Waals surface area contributed by atoms with E-state index in [9.17, 15) is 4.39 Å². The summed E-state index contributed by atoms with van der Waals surface area (Å²) < 4.78 is 15.9. The number of halogens is 3. The van der Waals surface area contributed by atoms with Crippen LogP contribution in [0.2, 0.25) is 0 Å². The van der Waals surface area contributed by atoms with Gasteiger partial charge in [-0.05, 0) is 46.6 Å². The molecule has 0 aliphatic heterocycles. The van der Waals surface area contributed by atoms with E-state index in [1.165, 1.54) is 0 Å². The molecule has 4 heteroatoms. The molecule has 2 aromatic rings. The predicted octanol–water partition coefficient (Wildman–Crippen LogP) is 5.44. The van der Waals surface area contributed by atoms with Crippen molar-refractivity contribution in [3.8, 4) is 0 Å². The van der Waals surface area contributed by atoms with Crippen LogP contribution in [0.25, 0.3) is 0 Å². The largest absolute Gasteiger partial charge is 0.306 e. The maximum Gasteiger partial charge on any atom is 0.142 e. The Kier molecular flexibility index (Phi) is 5.75. The SMILES string of the molecule is CCCNC(c1ccccc1Br)c1cccc(Br)c1F. The summed E-state index contributed by atoms with van der Waals surface area (Å²) in [6.45, 7) is 2.93. The molecule has 20 heavy (non-hydrogen) atoms. The van der Waals surface area contributed by atoms with Crippen LogP contribution in [0, 0.1) is 5.82 Å². The zero-order chi connectivity index (χ0) is 14.5. The van der Waals surface area contributed by atoms with Crippen LogP contribution in [0.3, 0.4) is 0 Å². The minimum absolute atomic E-state index is 0.164. The molecule has 0 heterocycles. The van der Waals surface area contributed by atoms with Crippen molar-refractivity contribution in [1.29, 1.82) is 0 Å². The lowest BCUT2D eigenvalue weighted by molar-refractivity contribution is 0.542. The Balaban J connectivity index is 2.47. The van der Waals surface area contributed by atoms with Gasteiger partial charge in [-0.25, -0.2) is 4.39 Å². The molecule has 0 radical (unpaired) electrons. The molecule has 1 nitrogen and oxygen atoms in total. The Labute approximate surface area is 135 Å². The van der Waals surface area contributed by atoms with Gasteiger partial charge in [0.25, 0.3) is 0 Å². The van der Waals surface area contributed by atoms with Crippen LogP contribution in [0.5, 0.6) is 0 Å². The fraction of sp³-hybridized carbons (Fsp3) is 0.250. The maximum absolute atomic E-state index is 14.4. The third-order valence-electron chi connectivity index (χ3n) is 3.11. The minimum atomic E-state index is -0.211. The van der Waals surface area contributed by atoms with Crippen molar-refractivity contribution in [3.05, 3.63) is 68.4 Å². The van der Waals surface area contributed by atoms with Crippen molar-refractivity contribution in [2.24, 2.45) is 0 Å². The van der Waals surface area contributed by atoms with Gasteiger partial charge >= 0.3 is 0 Å². The summed E-state index contributed by atoms with van der Waals surface area (Å²) in [5.41, 5.74) is 1.69. The lowest BCUT2D eigenvalue weighted by Gasteiger charge is -2.21. The van der Waals surface area contributed by atoms with Gasteiger partial charge < -0.3 is 5.32 Å². The molecule has 0 aromatic heterocycles. The van der Waals surface area contributed by atoms with Gasteiger partial charge in [0.05, 0.1) is 10.5 Å². The standard InChI is InChI=1S/C16H16Br2FN/c1-2-10-20-16(11-6-3-4-8-13(11)17)12-7-5-9-14(18)15(12)19/h3-9,16,20H,2,10H2,1H3. The van der Waals surface area contributed by atoms with Gasteiger partial charge in [-0.2, -0.15) is 0 Å². The molecule has 106 valence electrons. The molecule has 0 aliphatic rings. The van der Waals surface area contributed by atoms with Crippen molar-refractivity contribution < 1.29 is 4.39 Å². The highest BCUT2D eigenvalue weighted by molar-refractivity contribution is 9.10. The predicted molar refractivity (Wildman–Crippen MR) is 88.4 cm³/mol. The topological polar surface area (TPSA) is 12.0 Å². The van der Waals surface area contributed by atoms with Crippen molar-refractivity contribution in [2.45, 2.75) is 19.4 Å². The van der Waals surface area contributed by atoms with E-state index in [0.717, 1.165) is 23.0 Å². The molecule has 0 saturated carbocycles. The third kappa shape index (κ3) is 3.48. The van der Waals surface area contributed by atoms with E-state index < -0.39 is 0 Å². The highest BCUT2D eigenvalue weighted by atomic mass is 79.9. The molecule has 0 aliphatic carbocycles. The Bertz CT molecular complexity index is 586. The number of hydrogen-bond acceptors (Lipinski definition) is 1. The quantitative estimate of drug-likeness (QED) is 0.704. The normalized spacial score (nSPS) is 12.4. The number of benzene rings is 2. The Morgan fingerprint density at radius 1 is 1.00 bits per heavy atom. The van der Waals surface area contributed by atoms with E-state index >= 15 is 0 Å². The second-order valence-corrected chi connectivity index (χ2v) is 6.26. The first-order valence-electron chi connectivity index (χ1n) is 6.56. The van der Waals surface area contributed by atoms with Crippen molar-refractivity contribution in [2.75, 3.05) is 6.54 Å². The second kappa shape index (κ2) is 7.34. The molecule has 1 unspecified atom stereocenters. The van der Waals surface area contributed by atoms with Crippen LogP contribution >= 0.6 is 31.9 Å². The first-order chi connectivity index (χ1) is 9.65. The van der Waals surface area contributed by atoms with Gasteiger partial charge in [-0.15, -0.1) is 0 Å². The molecule has 0 spiro atoms. The molecular weight excluding hydrogens is 385 g/mol. The summed E-state index contributed by atoms with van der Waals surface area (Å²) in [6, 6.07) is 13.2. The van der Waals surface area contributed by atoms with Crippen LogP contribution < -0.4 is 5.32 Å². The van der Waals surface area contributed by atoms with E-state index in [0.29, 0.717) is 10.0 Å². The first kappa shape index (κ1) is 15.7. The van der Waals surface area contributed by atoms with Crippen LogP contribution in [-0.2, 0) is 0 Å². The van der Waals surface area contributed by atoms with Crippen molar-refractivity contribution in [3.63, 3.8) is 0 Å². The number of rotatable bonds is 5. The lowest BCUT2D eigenvalue weighted by Crippen LogP contribution is -2.24. The molecule has 1 N–H and O–H groups in total. The average Bonchev–Trinajstić information content (AvgIpc) is 2.45. The molecule has 2 aromatic carbocycles. The summed E-state index contributed by atoms with van der Waals surface area (Å²) in [4.78, 5) is 0. The summed E-state index contributed by atoms with van der Waals surface area (Å²) in [7, 11) is 0. The average molecular weight is 401 g/mol. The van der Waals surface area contributed by atoms with Crippen LogP contribution in [0.4, 0.5) is 4.39 Å². The monoisotopic (exact) mass is 399 g/mol. The van der Waals surface area contributed by atoms with Crippen molar-refractivity contribution in [1.82, 2.24) is 5.32 Å². The van der Waals surface area contributed by atoms with Crippen LogP contribution in [-0.4, -0.2) is 6.54 Å². The molecule has 2 rings (SSSR count). The Morgan fingerprint density at radius 2 is 1.65 bits per heavy atom. The summed E-state index contributed by atoms with van der Waals surface area (Å²) in [5.74, 6) is -0.211. The highest BCUT2D eigenvalue weighted by Gasteiger charge is 2.20.